The van der Waals surface area contributed by atoms with Gasteiger partial charge in [-0.15, -0.1) is 10.2 Å². The Bertz CT molecular complexity index is 1020. The maximum absolute atomic E-state index is 12.4. The van der Waals surface area contributed by atoms with Crippen molar-refractivity contribution in [2.75, 3.05) is 13.6 Å². The summed E-state index contributed by atoms with van der Waals surface area (Å²) in [6.45, 7) is 8.10. The van der Waals surface area contributed by atoms with Gasteiger partial charge in [0.05, 0.1) is 11.8 Å². The van der Waals surface area contributed by atoms with E-state index in [0.29, 0.717) is 6.54 Å². The van der Waals surface area contributed by atoms with Crippen LogP contribution in [0.15, 0.2) is 59.8 Å². The minimum absolute atomic E-state index is 0.0927. The van der Waals surface area contributed by atoms with Crippen LogP contribution in [-0.4, -0.2) is 44.4 Å². The second-order valence-electron chi connectivity index (χ2n) is 8.86. The van der Waals surface area contributed by atoms with Crippen LogP contribution in [0.4, 0.5) is 0 Å². The van der Waals surface area contributed by atoms with Gasteiger partial charge in [-0.3, -0.25) is 9.36 Å². The maximum Gasteiger partial charge on any atom is 0.235 e. The smallest absolute Gasteiger partial charge is 0.235 e. The standard InChI is InChI=1S/C24H28N4OS/c1-24(2,3)19-12-10-18(11-13-19)21-25-26-23(30-20-14-15-27(4)22(20)29)28(21)16-17-8-6-5-7-9-17/h5-13,20H,14-16H2,1-4H3. The summed E-state index contributed by atoms with van der Waals surface area (Å²) in [4.78, 5) is 14.2. The van der Waals surface area contributed by atoms with Gasteiger partial charge in [0, 0.05) is 19.2 Å². The van der Waals surface area contributed by atoms with Crippen molar-refractivity contribution in [1.29, 1.82) is 0 Å². The fourth-order valence-corrected chi connectivity index (χ4v) is 4.77. The summed E-state index contributed by atoms with van der Waals surface area (Å²) >= 11 is 1.53. The van der Waals surface area contributed by atoms with Gasteiger partial charge in [0.1, 0.15) is 0 Å². The average Bonchev–Trinajstić information content (AvgIpc) is 3.26. The molecule has 156 valence electrons. The third kappa shape index (κ3) is 4.29. The normalized spacial score (nSPS) is 17.0. The van der Waals surface area contributed by atoms with Crippen LogP contribution >= 0.6 is 11.8 Å². The molecule has 1 atom stereocenters. The number of nitrogens with zero attached hydrogens (tertiary/aromatic N) is 4. The van der Waals surface area contributed by atoms with Crippen molar-refractivity contribution in [1.82, 2.24) is 19.7 Å². The molecule has 1 amide bonds. The number of rotatable bonds is 5. The quantitative estimate of drug-likeness (QED) is 0.605. The first-order valence-electron chi connectivity index (χ1n) is 10.3. The molecule has 1 aliphatic rings. The first-order chi connectivity index (χ1) is 14.3. The Morgan fingerprint density at radius 1 is 1.03 bits per heavy atom. The Hall–Kier alpha value is -2.60. The molecule has 2 aromatic carbocycles. The monoisotopic (exact) mass is 420 g/mol. The summed E-state index contributed by atoms with van der Waals surface area (Å²) in [5.41, 5.74) is 3.61. The number of amides is 1. The summed E-state index contributed by atoms with van der Waals surface area (Å²) in [5, 5.41) is 9.72. The first kappa shape index (κ1) is 20.7. The molecule has 5 nitrogen and oxygen atoms in total. The Balaban J connectivity index is 1.69. The van der Waals surface area contributed by atoms with E-state index in [2.05, 4.69) is 71.9 Å². The third-order valence-corrected chi connectivity index (χ3v) is 6.77. The molecule has 0 bridgehead atoms. The molecule has 6 heteroatoms. The van der Waals surface area contributed by atoms with Crippen molar-refractivity contribution in [3.05, 3.63) is 65.7 Å². The molecule has 1 saturated heterocycles. The summed E-state index contributed by atoms with van der Waals surface area (Å²) in [6.07, 6.45) is 0.841. The van der Waals surface area contributed by atoms with Gasteiger partial charge in [-0.1, -0.05) is 87.1 Å². The Labute approximate surface area is 182 Å². The van der Waals surface area contributed by atoms with Gasteiger partial charge < -0.3 is 4.90 Å². The average molecular weight is 421 g/mol. The SMILES string of the molecule is CN1CCC(Sc2nnc(-c3ccc(C(C)(C)C)cc3)n2Cc2ccccc2)C1=O. The highest BCUT2D eigenvalue weighted by Gasteiger charge is 2.32. The highest BCUT2D eigenvalue weighted by Crippen LogP contribution is 2.33. The van der Waals surface area contributed by atoms with Gasteiger partial charge in [-0.25, -0.2) is 0 Å². The number of thioether (sulfide) groups is 1. The number of hydrogen-bond acceptors (Lipinski definition) is 4. The number of likely N-dealkylation sites (tertiary alicyclic amines) is 1. The lowest BCUT2D eigenvalue weighted by Crippen LogP contribution is -2.24. The largest absolute Gasteiger partial charge is 0.345 e. The fourth-order valence-electron chi connectivity index (χ4n) is 3.64. The van der Waals surface area contributed by atoms with E-state index in [1.54, 1.807) is 4.90 Å². The predicted molar refractivity (Wildman–Crippen MR) is 122 cm³/mol. The van der Waals surface area contributed by atoms with Gasteiger partial charge in [-0.2, -0.15) is 0 Å². The summed E-state index contributed by atoms with van der Waals surface area (Å²) in [7, 11) is 1.86. The van der Waals surface area contributed by atoms with Crippen LogP contribution in [0, 0.1) is 0 Å². The number of benzene rings is 2. The zero-order valence-corrected chi connectivity index (χ0v) is 18.8. The van der Waals surface area contributed by atoms with E-state index < -0.39 is 0 Å². The Morgan fingerprint density at radius 2 is 1.73 bits per heavy atom. The minimum Gasteiger partial charge on any atom is -0.345 e. The molecule has 3 aromatic rings. The Morgan fingerprint density at radius 3 is 2.33 bits per heavy atom. The molecule has 1 unspecified atom stereocenters. The second kappa shape index (κ2) is 8.26. The molecule has 0 radical (unpaired) electrons. The highest BCUT2D eigenvalue weighted by molar-refractivity contribution is 8.00. The van der Waals surface area contributed by atoms with Crippen LogP contribution in [0.2, 0.25) is 0 Å². The van der Waals surface area contributed by atoms with Crippen molar-refractivity contribution >= 4 is 17.7 Å². The maximum atomic E-state index is 12.4. The number of carbonyl (C=O) groups is 1. The molecule has 1 fully saturated rings. The van der Waals surface area contributed by atoms with Crippen LogP contribution in [0.5, 0.6) is 0 Å². The number of carbonyl (C=O) groups excluding carboxylic acids is 1. The zero-order valence-electron chi connectivity index (χ0n) is 18.0. The summed E-state index contributed by atoms with van der Waals surface area (Å²) in [5.74, 6) is 1.01. The molecule has 30 heavy (non-hydrogen) atoms. The lowest BCUT2D eigenvalue weighted by Gasteiger charge is -2.19. The van der Waals surface area contributed by atoms with Crippen LogP contribution in [0.25, 0.3) is 11.4 Å². The van der Waals surface area contributed by atoms with Crippen LogP contribution < -0.4 is 0 Å². The predicted octanol–water partition coefficient (Wildman–Crippen LogP) is 4.61. The van der Waals surface area contributed by atoms with Crippen molar-refractivity contribution in [3.8, 4) is 11.4 Å². The van der Waals surface area contributed by atoms with Crippen LogP contribution in [-0.2, 0) is 16.8 Å². The van der Waals surface area contributed by atoms with Crippen molar-refractivity contribution in [2.45, 2.75) is 49.6 Å². The van der Waals surface area contributed by atoms with E-state index in [4.69, 9.17) is 0 Å². The lowest BCUT2D eigenvalue weighted by atomic mass is 9.87. The van der Waals surface area contributed by atoms with Crippen molar-refractivity contribution in [2.24, 2.45) is 0 Å². The Kier molecular flexibility index (Phi) is 5.69. The second-order valence-corrected chi connectivity index (χ2v) is 10.0. The van der Waals surface area contributed by atoms with Crippen molar-refractivity contribution < 1.29 is 4.79 Å². The number of aromatic nitrogens is 3. The van der Waals surface area contributed by atoms with Gasteiger partial charge in [0.2, 0.25) is 5.91 Å². The summed E-state index contributed by atoms with van der Waals surface area (Å²) < 4.78 is 2.14. The molecule has 0 N–H and O–H groups in total. The molecule has 1 aliphatic heterocycles. The molecular weight excluding hydrogens is 392 g/mol. The summed E-state index contributed by atoms with van der Waals surface area (Å²) in [6, 6.07) is 18.9. The van der Waals surface area contributed by atoms with Gasteiger partial charge in [0.25, 0.3) is 0 Å². The van der Waals surface area contributed by atoms with E-state index in [1.165, 1.54) is 22.9 Å². The molecule has 2 heterocycles. The minimum atomic E-state index is -0.0927. The topological polar surface area (TPSA) is 51.0 Å². The molecule has 4 rings (SSSR count). The molecule has 0 saturated carbocycles. The molecular formula is C24H28N4OS. The van der Waals surface area contributed by atoms with E-state index >= 15 is 0 Å². The first-order valence-corrected chi connectivity index (χ1v) is 11.2. The van der Waals surface area contributed by atoms with Gasteiger partial charge in [-0.05, 0) is 23.0 Å². The van der Waals surface area contributed by atoms with Crippen LogP contribution in [0.3, 0.4) is 0 Å². The van der Waals surface area contributed by atoms with E-state index in [-0.39, 0.29) is 16.6 Å². The van der Waals surface area contributed by atoms with Gasteiger partial charge in [0.15, 0.2) is 11.0 Å². The van der Waals surface area contributed by atoms with Crippen LogP contribution in [0.1, 0.15) is 38.3 Å². The number of hydrogen-bond donors (Lipinski definition) is 0. The lowest BCUT2D eigenvalue weighted by molar-refractivity contribution is -0.126. The highest BCUT2D eigenvalue weighted by atomic mass is 32.2. The van der Waals surface area contributed by atoms with E-state index in [0.717, 1.165) is 29.5 Å². The molecule has 0 spiro atoms. The van der Waals surface area contributed by atoms with Gasteiger partial charge >= 0.3 is 0 Å². The molecule has 0 aliphatic carbocycles. The third-order valence-electron chi connectivity index (χ3n) is 5.54. The van der Waals surface area contributed by atoms with E-state index in [9.17, 15) is 4.79 Å². The van der Waals surface area contributed by atoms with E-state index in [1.807, 2.05) is 25.2 Å². The van der Waals surface area contributed by atoms with Crippen molar-refractivity contribution in [3.63, 3.8) is 0 Å². The fraction of sp³-hybridized carbons (Fsp3) is 0.375. The molecule has 1 aromatic heterocycles. The zero-order chi connectivity index (χ0) is 21.3.